The predicted octanol–water partition coefficient (Wildman–Crippen LogP) is 4.20. The Morgan fingerprint density at radius 2 is 1.69 bits per heavy atom. The van der Waals surface area contributed by atoms with Crippen LogP contribution in [0.25, 0.3) is 0 Å². The lowest BCUT2D eigenvalue weighted by molar-refractivity contribution is 0.102. The van der Waals surface area contributed by atoms with E-state index in [0.717, 1.165) is 17.7 Å². The summed E-state index contributed by atoms with van der Waals surface area (Å²) in [5, 5.41) is 5.18. The number of rotatable bonds is 4. The molecule has 2 N–H and O–H groups in total. The summed E-state index contributed by atoms with van der Waals surface area (Å²) < 4.78 is 39.8. The average Bonchev–Trinajstić information content (AvgIpc) is 2.64. The van der Waals surface area contributed by atoms with Crippen LogP contribution in [0.5, 0.6) is 0 Å². The highest BCUT2D eigenvalue weighted by Gasteiger charge is 2.14. The Kier molecular flexibility index (Phi) is 4.83. The smallest absolute Gasteiger partial charge is 0.275 e. The van der Waals surface area contributed by atoms with Crippen LogP contribution in [0.3, 0.4) is 0 Å². The first kappa shape index (κ1) is 17.4. The third kappa shape index (κ3) is 3.64. The van der Waals surface area contributed by atoms with E-state index in [1.54, 1.807) is 12.1 Å². The summed E-state index contributed by atoms with van der Waals surface area (Å²) in [6.07, 6.45) is 2.38. The van der Waals surface area contributed by atoms with Crippen molar-refractivity contribution in [3.05, 3.63) is 77.5 Å². The fraction of sp³-hybridized carbons (Fsp3) is 0.0556. The number of carbonyl (C=O) groups excluding carboxylic acids is 1. The molecule has 0 saturated heterocycles. The zero-order valence-electron chi connectivity index (χ0n) is 13.6. The van der Waals surface area contributed by atoms with Gasteiger partial charge in [0.1, 0.15) is 11.5 Å². The van der Waals surface area contributed by atoms with Crippen LogP contribution < -0.4 is 10.6 Å². The number of benzene rings is 2. The molecule has 3 rings (SSSR count). The second kappa shape index (κ2) is 7.22. The van der Waals surface area contributed by atoms with Crippen molar-refractivity contribution in [1.29, 1.82) is 0 Å². The number of aryl methyl sites for hydroxylation is 1. The van der Waals surface area contributed by atoms with Gasteiger partial charge in [-0.15, -0.1) is 0 Å². The van der Waals surface area contributed by atoms with Crippen LogP contribution in [0.4, 0.5) is 30.4 Å². The number of nitrogens with zero attached hydrogens (tertiary/aromatic N) is 2. The first-order valence-electron chi connectivity index (χ1n) is 7.55. The largest absolute Gasteiger partial charge is 0.336 e. The van der Waals surface area contributed by atoms with Gasteiger partial charge in [-0.3, -0.25) is 4.79 Å². The van der Waals surface area contributed by atoms with Gasteiger partial charge in [-0.2, -0.15) is 0 Å². The van der Waals surface area contributed by atoms with E-state index in [9.17, 15) is 18.0 Å². The van der Waals surface area contributed by atoms with Crippen molar-refractivity contribution in [2.75, 3.05) is 10.6 Å². The van der Waals surface area contributed by atoms with Gasteiger partial charge in [0.2, 0.25) is 0 Å². The molecule has 0 aliphatic rings. The molecule has 0 fully saturated rings. The molecule has 0 radical (unpaired) electrons. The molecule has 0 unspecified atom stereocenters. The van der Waals surface area contributed by atoms with Crippen LogP contribution in [0.15, 0.2) is 48.8 Å². The van der Waals surface area contributed by atoms with E-state index in [4.69, 9.17) is 0 Å². The summed E-state index contributed by atoms with van der Waals surface area (Å²) >= 11 is 0. The number of anilines is 3. The zero-order valence-corrected chi connectivity index (χ0v) is 13.6. The minimum absolute atomic E-state index is 0.0459. The van der Waals surface area contributed by atoms with Gasteiger partial charge < -0.3 is 10.6 Å². The summed E-state index contributed by atoms with van der Waals surface area (Å²) in [5.41, 5.74) is 1.28. The van der Waals surface area contributed by atoms with E-state index in [1.165, 1.54) is 12.4 Å². The van der Waals surface area contributed by atoms with Crippen LogP contribution in [0.2, 0.25) is 0 Å². The first-order valence-corrected chi connectivity index (χ1v) is 7.55. The third-order valence-corrected chi connectivity index (χ3v) is 3.58. The Labute approximate surface area is 146 Å². The number of aromatic nitrogens is 2. The Morgan fingerprint density at radius 1 is 0.923 bits per heavy atom. The molecule has 1 heterocycles. The maximum absolute atomic E-state index is 13.6. The number of amides is 1. The van der Waals surface area contributed by atoms with Gasteiger partial charge >= 0.3 is 0 Å². The zero-order chi connectivity index (χ0) is 18.7. The van der Waals surface area contributed by atoms with Gasteiger partial charge in [0.25, 0.3) is 5.91 Å². The molecule has 1 aromatic heterocycles. The number of nitrogens with one attached hydrogen (secondary N) is 2. The molecular formula is C18H13F3N4O. The van der Waals surface area contributed by atoms with Crippen LogP contribution in [-0.4, -0.2) is 15.9 Å². The van der Waals surface area contributed by atoms with E-state index < -0.39 is 23.4 Å². The fourth-order valence-corrected chi connectivity index (χ4v) is 2.17. The van der Waals surface area contributed by atoms with Crippen molar-refractivity contribution in [1.82, 2.24) is 9.97 Å². The summed E-state index contributed by atoms with van der Waals surface area (Å²) in [5.74, 6) is -4.63. The molecule has 2 aromatic carbocycles. The van der Waals surface area contributed by atoms with Crippen LogP contribution >= 0.6 is 0 Å². The maximum atomic E-state index is 13.6. The van der Waals surface area contributed by atoms with Crippen LogP contribution in [0, 0.1) is 24.4 Å². The van der Waals surface area contributed by atoms with Gasteiger partial charge in [0.15, 0.2) is 17.5 Å². The van der Waals surface area contributed by atoms with Crippen molar-refractivity contribution in [3.8, 4) is 0 Å². The first-order chi connectivity index (χ1) is 12.5. The lowest BCUT2D eigenvalue weighted by Gasteiger charge is -2.09. The molecule has 0 saturated carbocycles. The molecule has 0 atom stereocenters. The fourth-order valence-electron chi connectivity index (χ4n) is 2.17. The minimum atomic E-state index is -1.59. The molecule has 1 amide bonds. The summed E-state index contributed by atoms with van der Waals surface area (Å²) in [4.78, 5) is 20.1. The highest BCUT2D eigenvalue weighted by molar-refractivity contribution is 6.03. The normalized spacial score (nSPS) is 10.5. The molecule has 3 aromatic rings. The van der Waals surface area contributed by atoms with Gasteiger partial charge in [-0.25, -0.2) is 23.1 Å². The molecule has 0 bridgehead atoms. The van der Waals surface area contributed by atoms with Gasteiger partial charge in [0.05, 0.1) is 18.1 Å². The number of para-hydroxylation sites is 1. The standard InChI is InChI=1S/C18H13F3N4O/c1-10-4-2-3-5-12(10)25-18(26)14-8-23-15(9-22-14)24-13-7-6-11(19)16(20)17(13)21/h2-9H,1H3,(H,23,24)(H,25,26). The number of halogens is 3. The molecule has 8 heteroatoms. The third-order valence-electron chi connectivity index (χ3n) is 3.58. The highest BCUT2D eigenvalue weighted by atomic mass is 19.2. The SMILES string of the molecule is Cc1ccccc1NC(=O)c1cnc(Nc2ccc(F)c(F)c2F)cn1. The Balaban J connectivity index is 1.73. The van der Waals surface area contributed by atoms with Crippen molar-refractivity contribution in [2.45, 2.75) is 6.92 Å². The Bertz CT molecular complexity index is 961. The second-order valence-electron chi connectivity index (χ2n) is 5.40. The van der Waals surface area contributed by atoms with Gasteiger partial charge in [0, 0.05) is 5.69 Å². The van der Waals surface area contributed by atoms with E-state index >= 15 is 0 Å². The molecule has 0 aliphatic carbocycles. The lowest BCUT2D eigenvalue weighted by Crippen LogP contribution is -2.15. The van der Waals surface area contributed by atoms with E-state index in [1.807, 2.05) is 19.1 Å². The highest BCUT2D eigenvalue weighted by Crippen LogP contribution is 2.22. The molecule has 5 nitrogen and oxygen atoms in total. The number of hydrogen-bond donors (Lipinski definition) is 2. The number of hydrogen-bond acceptors (Lipinski definition) is 4. The van der Waals surface area contributed by atoms with E-state index in [2.05, 4.69) is 20.6 Å². The van der Waals surface area contributed by atoms with Gasteiger partial charge in [-0.1, -0.05) is 18.2 Å². The molecule has 0 spiro atoms. The Morgan fingerprint density at radius 3 is 2.38 bits per heavy atom. The Hall–Kier alpha value is -3.42. The van der Waals surface area contributed by atoms with Crippen molar-refractivity contribution in [3.63, 3.8) is 0 Å². The minimum Gasteiger partial charge on any atom is -0.336 e. The van der Waals surface area contributed by atoms with Crippen LogP contribution in [-0.2, 0) is 0 Å². The molecule has 0 aliphatic heterocycles. The molecular weight excluding hydrogens is 345 g/mol. The second-order valence-corrected chi connectivity index (χ2v) is 5.40. The van der Waals surface area contributed by atoms with Crippen molar-refractivity contribution < 1.29 is 18.0 Å². The van der Waals surface area contributed by atoms with Crippen molar-refractivity contribution in [2.24, 2.45) is 0 Å². The quantitative estimate of drug-likeness (QED) is 0.686. The van der Waals surface area contributed by atoms with Crippen molar-refractivity contribution >= 4 is 23.1 Å². The molecule has 132 valence electrons. The average molecular weight is 358 g/mol. The van der Waals surface area contributed by atoms with E-state index in [-0.39, 0.29) is 17.2 Å². The monoisotopic (exact) mass is 358 g/mol. The predicted molar refractivity (Wildman–Crippen MR) is 90.8 cm³/mol. The number of carbonyl (C=O) groups is 1. The summed E-state index contributed by atoms with van der Waals surface area (Å²) in [6, 6.07) is 9.07. The molecule has 26 heavy (non-hydrogen) atoms. The van der Waals surface area contributed by atoms with Gasteiger partial charge in [-0.05, 0) is 30.7 Å². The summed E-state index contributed by atoms with van der Waals surface area (Å²) in [7, 11) is 0. The van der Waals surface area contributed by atoms with Crippen LogP contribution in [0.1, 0.15) is 16.1 Å². The topological polar surface area (TPSA) is 66.9 Å². The maximum Gasteiger partial charge on any atom is 0.275 e. The lowest BCUT2D eigenvalue weighted by atomic mass is 10.2. The summed E-state index contributed by atoms with van der Waals surface area (Å²) in [6.45, 7) is 1.85. The van der Waals surface area contributed by atoms with E-state index in [0.29, 0.717) is 5.69 Å².